The third-order valence-corrected chi connectivity index (χ3v) is 2.87. The van der Waals surface area contributed by atoms with Gasteiger partial charge in [0, 0.05) is 0 Å². The summed E-state index contributed by atoms with van der Waals surface area (Å²) in [5.41, 5.74) is 1.04. The number of aliphatic imine (C=N–C) groups is 1. The molecule has 0 bridgehead atoms. The predicted molar refractivity (Wildman–Crippen MR) is 61.6 cm³/mol. The second-order valence-electron chi connectivity index (χ2n) is 4.04. The molecule has 1 rings (SSSR count). The van der Waals surface area contributed by atoms with Crippen LogP contribution in [0.2, 0.25) is 0 Å². The largest absolute Gasteiger partial charge is 0.235 e. The van der Waals surface area contributed by atoms with Gasteiger partial charge in [-0.3, -0.25) is 0 Å². The fraction of sp³-hybridized carbons (Fsp3) is 0.462. The molecular weight excluding hydrogens is 186 g/mol. The molecule has 0 aliphatic heterocycles. The molecule has 1 unspecified atom stereocenters. The Morgan fingerprint density at radius 2 is 2.00 bits per heavy atom. The minimum Gasteiger partial charge on any atom is -0.211 e. The molecule has 80 valence electrons. The Labute approximate surface area is 91.0 Å². The van der Waals surface area contributed by atoms with Crippen molar-refractivity contribution in [1.29, 1.82) is 0 Å². The molecule has 0 N–H and O–H groups in total. The van der Waals surface area contributed by atoms with Crippen LogP contribution in [-0.2, 0) is 11.2 Å². The third-order valence-electron chi connectivity index (χ3n) is 2.87. The fourth-order valence-electron chi connectivity index (χ4n) is 1.48. The number of nitrogens with zero attached hydrogens (tertiary/aromatic N) is 1. The first-order valence-corrected chi connectivity index (χ1v) is 5.33. The van der Waals surface area contributed by atoms with Gasteiger partial charge in [0.1, 0.15) is 0 Å². The molecule has 1 atom stereocenters. The summed E-state index contributed by atoms with van der Waals surface area (Å²) < 4.78 is 0. The fourth-order valence-corrected chi connectivity index (χ4v) is 1.48. The number of rotatable bonds is 5. The van der Waals surface area contributed by atoms with E-state index in [1.54, 1.807) is 6.08 Å². The van der Waals surface area contributed by atoms with E-state index in [4.69, 9.17) is 0 Å². The Morgan fingerprint density at radius 1 is 1.33 bits per heavy atom. The second-order valence-corrected chi connectivity index (χ2v) is 4.04. The van der Waals surface area contributed by atoms with Gasteiger partial charge in [-0.15, -0.1) is 0 Å². The van der Waals surface area contributed by atoms with Crippen LogP contribution in [-0.4, -0.2) is 11.6 Å². The SMILES string of the molecule is CCC(C)(CCc1ccccc1)N=C=O. The zero-order valence-corrected chi connectivity index (χ0v) is 9.36. The average molecular weight is 203 g/mol. The number of hydrogen-bond donors (Lipinski definition) is 0. The Bertz CT molecular complexity index is 341. The molecule has 1 aromatic carbocycles. The highest BCUT2D eigenvalue weighted by molar-refractivity contribution is 5.34. The normalized spacial score (nSPS) is 14.0. The molecule has 2 nitrogen and oxygen atoms in total. The maximum Gasteiger partial charge on any atom is 0.235 e. The van der Waals surface area contributed by atoms with Crippen molar-refractivity contribution in [3.8, 4) is 0 Å². The molecule has 0 saturated carbocycles. The van der Waals surface area contributed by atoms with Crippen LogP contribution in [0.4, 0.5) is 0 Å². The molecule has 0 aromatic heterocycles. The standard InChI is InChI=1S/C13H17NO/c1-3-13(2,14-11-15)10-9-12-7-5-4-6-8-12/h4-8H,3,9-10H2,1-2H3. The molecule has 0 aliphatic carbocycles. The van der Waals surface area contributed by atoms with E-state index in [1.807, 2.05) is 32.0 Å². The van der Waals surface area contributed by atoms with Crippen molar-refractivity contribution in [2.24, 2.45) is 4.99 Å². The molecule has 2 heteroatoms. The van der Waals surface area contributed by atoms with Crippen LogP contribution in [0.3, 0.4) is 0 Å². The minimum atomic E-state index is -0.252. The lowest BCUT2D eigenvalue weighted by molar-refractivity contribution is 0.417. The summed E-state index contributed by atoms with van der Waals surface area (Å²) in [6, 6.07) is 10.3. The van der Waals surface area contributed by atoms with Crippen molar-refractivity contribution in [3.63, 3.8) is 0 Å². The lowest BCUT2D eigenvalue weighted by Gasteiger charge is -2.20. The summed E-state index contributed by atoms with van der Waals surface area (Å²) >= 11 is 0. The van der Waals surface area contributed by atoms with E-state index in [1.165, 1.54) is 5.56 Å². The molecule has 0 radical (unpaired) electrons. The van der Waals surface area contributed by atoms with E-state index in [0.29, 0.717) is 0 Å². The molecule has 0 fully saturated rings. The number of isocyanates is 1. The van der Waals surface area contributed by atoms with E-state index >= 15 is 0 Å². The number of carbonyl (C=O) groups excluding carboxylic acids is 1. The highest BCUT2D eigenvalue weighted by Gasteiger charge is 2.20. The molecule has 15 heavy (non-hydrogen) atoms. The van der Waals surface area contributed by atoms with Gasteiger partial charge in [0.25, 0.3) is 0 Å². The quantitative estimate of drug-likeness (QED) is 0.534. The van der Waals surface area contributed by atoms with Crippen molar-refractivity contribution >= 4 is 6.08 Å². The maximum atomic E-state index is 10.3. The van der Waals surface area contributed by atoms with Gasteiger partial charge in [0.15, 0.2) is 0 Å². The van der Waals surface area contributed by atoms with Gasteiger partial charge in [-0.25, -0.2) is 4.79 Å². The minimum absolute atomic E-state index is 0.252. The number of hydrogen-bond acceptors (Lipinski definition) is 2. The molecular formula is C13H17NO. The van der Waals surface area contributed by atoms with Crippen LogP contribution in [0.25, 0.3) is 0 Å². The van der Waals surface area contributed by atoms with Gasteiger partial charge in [0.05, 0.1) is 5.54 Å². The predicted octanol–water partition coefficient (Wildman–Crippen LogP) is 3.12. The van der Waals surface area contributed by atoms with Crippen LogP contribution in [0.1, 0.15) is 32.3 Å². The van der Waals surface area contributed by atoms with E-state index in [9.17, 15) is 4.79 Å². The monoisotopic (exact) mass is 203 g/mol. The average Bonchev–Trinajstić information content (AvgIpc) is 2.28. The summed E-state index contributed by atoms with van der Waals surface area (Å²) in [4.78, 5) is 14.2. The van der Waals surface area contributed by atoms with Crippen LogP contribution >= 0.6 is 0 Å². The summed E-state index contributed by atoms with van der Waals surface area (Å²) in [6.07, 6.45) is 4.39. The Hall–Kier alpha value is -1.40. The van der Waals surface area contributed by atoms with E-state index in [2.05, 4.69) is 17.1 Å². The Balaban J connectivity index is 2.59. The highest BCUT2D eigenvalue weighted by Crippen LogP contribution is 2.21. The maximum absolute atomic E-state index is 10.3. The topological polar surface area (TPSA) is 29.4 Å². The Morgan fingerprint density at radius 3 is 2.53 bits per heavy atom. The number of benzene rings is 1. The van der Waals surface area contributed by atoms with Crippen molar-refractivity contribution < 1.29 is 4.79 Å². The van der Waals surface area contributed by atoms with Gasteiger partial charge in [-0.2, -0.15) is 4.99 Å². The van der Waals surface area contributed by atoms with E-state index in [-0.39, 0.29) is 5.54 Å². The lowest BCUT2D eigenvalue weighted by atomic mass is 9.91. The molecule has 0 aliphatic rings. The summed E-state index contributed by atoms with van der Waals surface area (Å²) in [6.45, 7) is 4.05. The summed E-state index contributed by atoms with van der Waals surface area (Å²) in [5, 5.41) is 0. The molecule has 0 heterocycles. The van der Waals surface area contributed by atoms with Gasteiger partial charge in [-0.1, -0.05) is 37.3 Å². The summed E-state index contributed by atoms with van der Waals surface area (Å²) in [5.74, 6) is 0. The first-order valence-electron chi connectivity index (χ1n) is 5.33. The summed E-state index contributed by atoms with van der Waals surface area (Å²) in [7, 11) is 0. The number of aryl methyl sites for hydroxylation is 1. The van der Waals surface area contributed by atoms with Gasteiger partial charge in [-0.05, 0) is 31.7 Å². The van der Waals surface area contributed by atoms with Crippen LogP contribution < -0.4 is 0 Å². The van der Waals surface area contributed by atoms with Gasteiger partial charge >= 0.3 is 0 Å². The highest BCUT2D eigenvalue weighted by atomic mass is 16.1. The zero-order chi connectivity index (χ0) is 11.1. The van der Waals surface area contributed by atoms with Crippen LogP contribution in [0.5, 0.6) is 0 Å². The molecule has 0 saturated heterocycles. The Kier molecular flexibility index (Phi) is 4.26. The second kappa shape index (κ2) is 5.47. The first-order chi connectivity index (χ1) is 7.20. The van der Waals surface area contributed by atoms with Crippen molar-refractivity contribution in [1.82, 2.24) is 0 Å². The smallest absolute Gasteiger partial charge is 0.211 e. The van der Waals surface area contributed by atoms with E-state index in [0.717, 1.165) is 19.3 Å². The zero-order valence-electron chi connectivity index (χ0n) is 9.36. The third kappa shape index (κ3) is 3.69. The van der Waals surface area contributed by atoms with Crippen LogP contribution in [0, 0.1) is 0 Å². The first kappa shape index (κ1) is 11.7. The van der Waals surface area contributed by atoms with Crippen molar-refractivity contribution in [3.05, 3.63) is 35.9 Å². The molecule has 1 aromatic rings. The van der Waals surface area contributed by atoms with Crippen molar-refractivity contribution in [2.75, 3.05) is 0 Å². The van der Waals surface area contributed by atoms with E-state index < -0.39 is 0 Å². The molecule has 0 spiro atoms. The lowest BCUT2D eigenvalue weighted by Crippen LogP contribution is -2.21. The van der Waals surface area contributed by atoms with Gasteiger partial charge in [0.2, 0.25) is 6.08 Å². The van der Waals surface area contributed by atoms with Crippen molar-refractivity contribution in [2.45, 2.75) is 38.6 Å². The van der Waals surface area contributed by atoms with Crippen LogP contribution in [0.15, 0.2) is 35.3 Å². The molecule has 0 amide bonds. The van der Waals surface area contributed by atoms with Gasteiger partial charge < -0.3 is 0 Å².